The van der Waals surface area contributed by atoms with Crippen molar-refractivity contribution < 1.29 is 4.74 Å². The molecule has 1 spiro atoms. The number of hydrogen-bond acceptors (Lipinski definition) is 3. The molecule has 1 N–H and O–H groups in total. The van der Waals surface area contributed by atoms with Crippen molar-refractivity contribution in [3.8, 4) is 0 Å². The summed E-state index contributed by atoms with van der Waals surface area (Å²) < 4.78 is 6.02. The van der Waals surface area contributed by atoms with Gasteiger partial charge in [-0.05, 0) is 50.9 Å². The van der Waals surface area contributed by atoms with Gasteiger partial charge in [0.25, 0.3) is 0 Å². The maximum atomic E-state index is 6.02. The van der Waals surface area contributed by atoms with E-state index in [0.29, 0.717) is 0 Å². The summed E-state index contributed by atoms with van der Waals surface area (Å²) in [5.74, 6) is 3.26. The molecule has 2 aliphatic rings. The molecule has 0 bridgehead atoms. The fraction of sp³-hybridized carbons (Fsp3) is 0.846. The van der Waals surface area contributed by atoms with Crippen LogP contribution in [0.4, 0.5) is 0 Å². The van der Waals surface area contributed by atoms with Crippen LogP contribution >= 0.6 is 11.8 Å². The SMILES string of the molecule is CNCCC=CC1CCOC2(CCSC2)C1. The Balaban J connectivity index is 1.80. The van der Waals surface area contributed by atoms with E-state index in [1.807, 2.05) is 7.05 Å². The summed E-state index contributed by atoms with van der Waals surface area (Å²) >= 11 is 2.05. The Bertz CT molecular complexity index is 236. The number of rotatable bonds is 4. The molecular formula is C13H23NOS. The Morgan fingerprint density at radius 1 is 1.56 bits per heavy atom. The first kappa shape index (κ1) is 12.5. The summed E-state index contributed by atoms with van der Waals surface area (Å²) in [7, 11) is 2.01. The van der Waals surface area contributed by atoms with Gasteiger partial charge >= 0.3 is 0 Å². The zero-order valence-electron chi connectivity index (χ0n) is 10.2. The van der Waals surface area contributed by atoms with Gasteiger partial charge in [-0.15, -0.1) is 0 Å². The number of ether oxygens (including phenoxy) is 1. The molecule has 2 heterocycles. The molecule has 3 heteroatoms. The predicted molar refractivity (Wildman–Crippen MR) is 71.0 cm³/mol. The molecule has 16 heavy (non-hydrogen) atoms. The van der Waals surface area contributed by atoms with Gasteiger partial charge in [0.15, 0.2) is 0 Å². The summed E-state index contributed by atoms with van der Waals surface area (Å²) in [5, 5.41) is 3.17. The van der Waals surface area contributed by atoms with Gasteiger partial charge in [-0.25, -0.2) is 0 Å². The van der Waals surface area contributed by atoms with E-state index < -0.39 is 0 Å². The Morgan fingerprint density at radius 3 is 3.25 bits per heavy atom. The molecule has 2 nitrogen and oxygen atoms in total. The summed E-state index contributed by atoms with van der Waals surface area (Å²) in [6.45, 7) is 2.04. The molecule has 2 unspecified atom stereocenters. The second-order valence-electron chi connectivity index (χ2n) is 4.91. The van der Waals surface area contributed by atoms with Crippen LogP contribution in [-0.2, 0) is 4.74 Å². The molecule has 2 rings (SSSR count). The van der Waals surface area contributed by atoms with E-state index in [9.17, 15) is 0 Å². The zero-order valence-corrected chi connectivity index (χ0v) is 11.0. The molecule has 0 aliphatic carbocycles. The second-order valence-corrected chi connectivity index (χ2v) is 6.01. The lowest BCUT2D eigenvalue weighted by molar-refractivity contribution is -0.0718. The van der Waals surface area contributed by atoms with Crippen LogP contribution in [0.3, 0.4) is 0 Å². The third kappa shape index (κ3) is 3.25. The van der Waals surface area contributed by atoms with Crippen molar-refractivity contribution >= 4 is 11.8 Å². The van der Waals surface area contributed by atoms with Crippen LogP contribution < -0.4 is 5.32 Å². The van der Waals surface area contributed by atoms with Gasteiger partial charge in [-0.2, -0.15) is 11.8 Å². The van der Waals surface area contributed by atoms with Crippen LogP contribution in [0.25, 0.3) is 0 Å². The maximum absolute atomic E-state index is 6.02. The maximum Gasteiger partial charge on any atom is 0.0785 e. The van der Waals surface area contributed by atoms with Crippen molar-refractivity contribution in [3.05, 3.63) is 12.2 Å². The summed E-state index contributed by atoms with van der Waals surface area (Å²) in [4.78, 5) is 0. The van der Waals surface area contributed by atoms with Gasteiger partial charge in [0, 0.05) is 12.4 Å². The van der Waals surface area contributed by atoms with Crippen molar-refractivity contribution in [1.82, 2.24) is 5.32 Å². The largest absolute Gasteiger partial charge is 0.374 e. The van der Waals surface area contributed by atoms with Gasteiger partial charge in [-0.3, -0.25) is 0 Å². The highest BCUT2D eigenvalue weighted by molar-refractivity contribution is 7.99. The normalized spacial score (nSPS) is 35.2. The van der Waals surface area contributed by atoms with Crippen molar-refractivity contribution in [3.63, 3.8) is 0 Å². The molecule has 0 aromatic heterocycles. The van der Waals surface area contributed by atoms with Crippen molar-refractivity contribution in [2.24, 2.45) is 5.92 Å². The zero-order chi connectivity index (χ0) is 11.3. The van der Waals surface area contributed by atoms with Crippen molar-refractivity contribution in [2.75, 3.05) is 31.7 Å². The highest BCUT2D eigenvalue weighted by Gasteiger charge is 2.39. The standard InChI is InChI=1S/C13H23NOS/c1-14-7-3-2-4-12-5-8-15-13(10-12)6-9-16-11-13/h2,4,12,14H,3,5-11H2,1H3. The first-order valence-corrected chi connectivity index (χ1v) is 7.53. The fourth-order valence-corrected chi connectivity index (χ4v) is 3.99. The van der Waals surface area contributed by atoms with Crippen LogP contribution in [-0.4, -0.2) is 37.3 Å². The summed E-state index contributed by atoms with van der Waals surface area (Å²) in [5.41, 5.74) is 0.237. The van der Waals surface area contributed by atoms with Gasteiger partial charge in [0.2, 0.25) is 0 Å². The molecule has 2 saturated heterocycles. The molecule has 0 aromatic rings. The van der Waals surface area contributed by atoms with Crippen LogP contribution in [0.15, 0.2) is 12.2 Å². The monoisotopic (exact) mass is 241 g/mol. The van der Waals surface area contributed by atoms with E-state index in [1.54, 1.807) is 0 Å². The average molecular weight is 241 g/mol. The molecule has 0 radical (unpaired) electrons. The Labute approximate surface area is 103 Å². The second kappa shape index (κ2) is 6.08. The van der Waals surface area contributed by atoms with E-state index >= 15 is 0 Å². The van der Waals surface area contributed by atoms with E-state index in [0.717, 1.165) is 25.5 Å². The molecule has 2 atom stereocenters. The quantitative estimate of drug-likeness (QED) is 0.603. The van der Waals surface area contributed by atoms with Crippen LogP contribution in [0.1, 0.15) is 25.7 Å². The van der Waals surface area contributed by atoms with Gasteiger partial charge in [-0.1, -0.05) is 12.2 Å². The number of nitrogens with one attached hydrogen (secondary N) is 1. The Hall–Kier alpha value is 0.01000. The number of hydrogen-bond donors (Lipinski definition) is 1. The molecular weight excluding hydrogens is 218 g/mol. The van der Waals surface area contributed by atoms with Gasteiger partial charge < -0.3 is 10.1 Å². The minimum Gasteiger partial charge on any atom is -0.374 e. The number of allylic oxidation sites excluding steroid dienone is 1. The lowest BCUT2D eigenvalue weighted by atomic mass is 9.85. The minimum atomic E-state index is 0.237. The number of thioether (sulfide) groups is 1. The highest BCUT2D eigenvalue weighted by atomic mass is 32.2. The minimum absolute atomic E-state index is 0.237. The fourth-order valence-electron chi connectivity index (χ4n) is 2.61. The molecule has 0 amide bonds. The third-order valence-corrected chi connectivity index (χ3v) is 4.79. The van der Waals surface area contributed by atoms with Gasteiger partial charge in [0.05, 0.1) is 5.60 Å². The predicted octanol–water partition coefficient (Wildman–Crippen LogP) is 2.45. The van der Waals surface area contributed by atoms with Crippen LogP contribution in [0, 0.1) is 5.92 Å². The molecule has 0 aromatic carbocycles. The Kier molecular flexibility index (Phi) is 4.74. The molecule has 0 saturated carbocycles. The summed E-state index contributed by atoms with van der Waals surface area (Å²) in [6, 6.07) is 0. The first-order chi connectivity index (χ1) is 7.85. The first-order valence-electron chi connectivity index (χ1n) is 6.38. The third-order valence-electron chi connectivity index (χ3n) is 3.57. The lowest BCUT2D eigenvalue weighted by Crippen LogP contribution is -2.39. The molecule has 92 valence electrons. The highest BCUT2D eigenvalue weighted by Crippen LogP contribution is 2.40. The molecule has 2 aliphatic heterocycles. The molecule has 2 fully saturated rings. The average Bonchev–Trinajstić information content (AvgIpc) is 2.73. The van der Waals surface area contributed by atoms with E-state index in [-0.39, 0.29) is 5.60 Å². The summed E-state index contributed by atoms with van der Waals surface area (Å²) in [6.07, 6.45) is 9.62. The smallest absolute Gasteiger partial charge is 0.0785 e. The van der Waals surface area contributed by atoms with E-state index in [2.05, 4.69) is 29.2 Å². The van der Waals surface area contributed by atoms with E-state index in [1.165, 1.54) is 30.8 Å². The van der Waals surface area contributed by atoms with Crippen LogP contribution in [0.2, 0.25) is 0 Å². The lowest BCUT2D eigenvalue weighted by Gasteiger charge is -2.36. The Morgan fingerprint density at radius 2 is 2.50 bits per heavy atom. The van der Waals surface area contributed by atoms with Gasteiger partial charge in [0.1, 0.15) is 0 Å². The van der Waals surface area contributed by atoms with E-state index in [4.69, 9.17) is 4.74 Å². The topological polar surface area (TPSA) is 21.3 Å². The van der Waals surface area contributed by atoms with Crippen LogP contribution in [0.5, 0.6) is 0 Å². The van der Waals surface area contributed by atoms with Crippen molar-refractivity contribution in [2.45, 2.75) is 31.3 Å². The van der Waals surface area contributed by atoms with Crippen molar-refractivity contribution in [1.29, 1.82) is 0 Å².